The Labute approximate surface area is 127 Å². The summed E-state index contributed by atoms with van der Waals surface area (Å²) in [6.07, 6.45) is 3.37. The van der Waals surface area contributed by atoms with E-state index in [-0.39, 0.29) is 5.41 Å². The first-order valence-electron chi connectivity index (χ1n) is 7.90. The van der Waals surface area contributed by atoms with Gasteiger partial charge in [0.1, 0.15) is 5.78 Å². The average Bonchev–Trinajstić information content (AvgIpc) is 2.56. The van der Waals surface area contributed by atoms with Gasteiger partial charge in [-0.1, -0.05) is 74.0 Å². The van der Waals surface area contributed by atoms with E-state index >= 15 is 0 Å². The van der Waals surface area contributed by atoms with Crippen LogP contribution in [0.2, 0.25) is 0 Å². The quantitative estimate of drug-likeness (QED) is 0.791. The van der Waals surface area contributed by atoms with Crippen LogP contribution in [0.25, 0.3) is 0 Å². The molecule has 0 N–H and O–H groups in total. The summed E-state index contributed by atoms with van der Waals surface area (Å²) >= 11 is 0. The van der Waals surface area contributed by atoms with E-state index in [1.54, 1.807) is 0 Å². The zero-order chi connectivity index (χ0) is 14.7. The average molecular weight is 278 g/mol. The molecular formula is C20H22O. The standard InChI is InChI=1S/C20H22O/c1-2-16-15-19(21)13-14-20(16,17-9-5-3-6-10-17)18-11-7-4-8-12-18/h3-12,16H,2,13-15H2,1H3/t16-/m0/s1. The van der Waals surface area contributed by atoms with Gasteiger partial charge in [0.2, 0.25) is 0 Å². The van der Waals surface area contributed by atoms with Crippen molar-refractivity contribution in [2.45, 2.75) is 38.0 Å². The molecule has 2 aromatic rings. The van der Waals surface area contributed by atoms with Crippen molar-refractivity contribution in [1.29, 1.82) is 0 Å². The molecule has 108 valence electrons. The highest BCUT2D eigenvalue weighted by Crippen LogP contribution is 2.48. The zero-order valence-electron chi connectivity index (χ0n) is 12.6. The molecule has 1 fully saturated rings. The van der Waals surface area contributed by atoms with Crippen LogP contribution in [-0.2, 0) is 10.2 Å². The van der Waals surface area contributed by atoms with E-state index in [0.717, 1.165) is 12.8 Å². The van der Waals surface area contributed by atoms with E-state index in [1.165, 1.54) is 11.1 Å². The van der Waals surface area contributed by atoms with E-state index < -0.39 is 0 Å². The number of benzene rings is 2. The second-order valence-corrected chi connectivity index (χ2v) is 6.05. The van der Waals surface area contributed by atoms with Crippen molar-refractivity contribution >= 4 is 5.78 Å². The minimum atomic E-state index is -0.00875. The van der Waals surface area contributed by atoms with E-state index in [1.807, 2.05) is 0 Å². The molecule has 1 aliphatic rings. The molecule has 2 aromatic carbocycles. The third-order valence-electron chi connectivity index (χ3n) is 5.04. The molecule has 0 saturated heterocycles. The van der Waals surface area contributed by atoms with Crippen LogP contribution in [0.3, 0.4) is 0 Å². The van der Waals surface area contributed by atoms with Crippen LogP contribution < -0.4 is 0 Å². The molecule has 0 bridgehead atoms. The summed E-state index contributed by atoms with van der Waals surface area (Å²) in [4.78, 5) is 12.0. The van der Waals surface area contributed by atoms with Gasteiger partial charge in [-0.05, 0) is 23.5 Å². The summed E-state index contributed by atoms with van der Waals surface area (Å²) in [5.41, 5.74) is 2.71. The highest BCUT2D eigenvalue weighted by atomic mass is 16.1. The van der Waals surface area contributed by atoms with Crippen molar-refractivity contribution in [3.63, 3.8) is 0 Å². The Bertz CT molecular complexity index is 561. The first-order chi connectivity index (χ1) is 10.3. The fourth-order valence-electron chi connectivity index (χ4n) is 3.98. The third kappa shape index (κ3) is 2.42. The monoisotopic (exact) mass is 278 g/mol. The summed E-state index contributed by atoms with van der Waals surface area (Å²) in [5.74, 6) is 0.813. The SMILES string of the molecule is CC[C@H]1CC(=O)CCC1(c1ccccc1)c1ccccc1. The van der Waals surface area contributed by atoms with Gasteiger partial charge in [-0.15, -0.1) is 0 Å². The Hall–Kier alpha value is -1.89. The molecule has 0 amide bonds. The molecule has 0 unspecified atom stereocenters. The summed E-state index contributed by atoms with van der Waals surface area (Å²) in [7, 11) is 0. The summed E-state index contributed by atoms with van der Waals surface area (Å²) in [6.45, 7) is 2.21. The lowest BCUT2D eigenvalue weighted by atomic mass is 9.58. The molecule has 0 aromatic heterocycles. The topological polar surface area (TPSA) is 17.1 Å². The lowest BCUT2D eigenvalue weighted by Gasteiger charge is -2.44. The lowest BCUT2D eigenvalue weighted by molar-refractivity contribution is -0.122. The maximum atomic E-state index is 12.0. The highest BCUT2D eigenvalue weighted by molar-refractivity contribution is 5.80. The van der Waals surface area contributed by atoms with Crippen molar-refractivity contribution in [1.82, 2.24) is 0 Å². The molecule has 3 rings (SSSR count). The van der Waals surface area contributed by atoms with Crippen LogP contribution >= 0.6 is 0 Å². The normalized spacial score (nSPS) is 21.2. The Morgan fingerprint density at radius 3 is 1.95 bits per heavy atom. The zero-order valence-corrected chi connectivity index (χ0v) is 12.6. The summed E-state index contributed by atoms with van der Waals surface area (Å²) in [6, 6.07) is 21.5. The minimum absolute atomic E-state index is 0.00875. The first-order valence-corrected chi connectivity index (χ1v) is 7.90. The molecular weight excluding hydrogens is 256 g/mol. The van der Waals surface area contributed by atoms with Crippen molar-refractivity contribution in [2.24, 2.45) is 5.92 Å². The van der Waals surface area contributed by atoms with Gasteiger partial charge in [-0.25, -0.2) is 0 Å². The Morgan fingerprint density at radius 2 is 1.48 bits per heavy atom. The van der Waals surface area contributed by atoms with Gasteiger partial charge in [0.25, 0.3) is 0 Å². The third-order valence-corrected chi connectivity index (χ3v) is 5.04. The van der Waals surface area contributed by atoms with Gasteiger partial charge in [-0.3, -0.25) is 4.79 Å². The van der Waals surface area contributed by atoms with Gasteiger partial charge >= 0.3 is 0 Å². The van der Waals surface area contributed by atoms with E-state index in [9.17, 15) is 4.79 Å². The first kappa shape index (κ1) is 14.1. The molecule has 21 heavy (non-hydrogen) atoms. The molecule has 0 aliphatic heterocycles. The fraction of sp³-hybridized carbons (Fsp3) is 0.350. The predicted octanol–water partition coefficient (Wildman–Crippen LogP) is 4.75. The maximum Gasteiger partial charge on any atom is 0.133 e. The van der Waals surface area contributed by atoms with Crippen LogP contribution in [0.4, 0.5) is 0 Å². The van der Waals surface area contributed by atoms with Crippen LogP contribution in [0.1, 0.15) is 43.7 Å². The smallest absolute Gasteiger partial charge is 0.133 e. The molecule has 1 nitrogen and oxygen atoms in total. The number of ketones is 1. The Kier molecular flexibility index (Phi) is 3.92. The fourth-order valence-corrected chi connectivity index (χ4v) is 3.98. The molecule has 0 heterocycles. The highest BCUT2D eigenvalue weighted by Gasteiger charge is 2.44. The molecule has 0 spiro atoms. The number of Topliss-reactive ketones (excluding diaryl/α,β-unsaturated/α-hetero) is 1. The van der Waals surface area contributed by atoms with E-state index in [2.05, 4.69) is 67.6 Å². The Balaban J connectivity index is 2.17. The molecule has 1 atom stereocenters. The van der Waals surface area contributed by atoms with Crippen molar-refractivity contribution in [3.8, 4) is 0 Å². The lowest BCUT2D eigenvalue weighted by Crippen LogP contribution is -2.41. The van der Waals surface area contributed by atoms with Crippen LogP contribution in [-0.4, -0.2) is 5.78 Å². The predicted molar refractivity (Wildman–Crippen MR) is 86.3 cm³/mol. The number of carbonyl (C=O) groups is 1. The molecule has 1 heteroatoms. The van der Waals surface area contributed by atoms with E-state index in [4.69, 9.17) is 0 Å². The molecule has 1 aliphatic carbocycles. The van der Waals surface area contributed by atoms with Crippen molar-refractivity contribution in [2.75, 3.05) is 0 Å². The molecule has 0 radical (unpaired) electrons. The van der Waals surface area contributed by atoms with E-state index in [0.29, 0.717) is 24.5 Å². The second-order valence-electron chi connectivity index (χ2n) is 6.05. The Morgan fingerprint density at radius 1 is 0.952 bits per heavy atom. The summed E-state index contributed by atoms with van der Waals surface area (Å²) < 4.78 is 0. The van der Waals surface area contributed by atoms with Gasteiger partial charge in [-0.2, -0.15) is 0 Å². The van der Waals surface area contributed by atoms with Gasteiger partial charge in [0, 0.05) is 18.3 Å². The number of hydrogen-bond donors (Lipinski definition) is 0. The second kappa shape index (κ2) is 5.85. The van der Waals surface area contributed by atoms with Crippen LogP contribution in [0, 0.1) is 5.92 Å². The number of carbonyl (C=O) groups excluding carboxylic acids is 1. The molecule has 1 saturated carbocycles. The van der Waals surface area contributed by atoms with Gasteiger partial charge < -0.3 is 0 Å². The van der Waals surface area contributed by atoms with Gasteiger partial charge in [0.05, 0.1) is 0 Å². The number of hydrogen-bond acceptors (Lipinski definition) is 1. The minimum Gasteiger partial charge on any atom is -0.300 e. The van der Waals surface area contributed by atoms with Crippen LogP contribution in [0.5, 0.6) is 0 Å². The van der Waals surface area contributed by atoms with Crippen LogP contribution in [0.15, 0.2) is 60.7 Å². The maximum absolute atomic E-state index is 12.0. The largest absolute Gasteiger partial charge is 0.300 e. The van der Waals surface area contributed by atoms with Crippen molar-refractivity contribution < 1.29 is 4.79 Å². The van der Waals surface area contributed by atoms with Gasteiger partial charge in [0.15, 0.2) is 0 Å². The summed E-state index contributed by atoms with van der Waals surface area (Å²) in [5, 5.41) is 0. The van der Waals surface area contributed by atoms with Crippen molar-refractivity contribution in [3.05, 3.63) is 71.8 Å². The number of rotatable bonds is 3.